The third kappa shape index (κ3) is 3.29. The number of benzene rings is 1. The van der Waals surface area contributed by atoms with Gasteiger partial charge < -0.3 is 15.8 Å². The molecule has 0 radical (unpaired) electrons. The van der Waals surface area contributed by atoms with E-state index in [0.717, 1.165) is 25.1 Å². The van der Waals surface area contributed by atoms with Gasteiger partial charge in [-0.05, 0) is 17.4 Å². The fraction of sp³-hybridized carbons (Fsp3) is 0.467. The first-order valence-electron chi connectivity index (χ1n) is 6.76. The van der Waals surface area contributed by atoms with Gasteiger partial charge in [-0.2, -0.15) is 0 Å². The maximum absolute atomic E-state index is 12.2. The van der Waals surface area contributed by atoms with E-state index in [0.29, 0.717) is 12.0 Å². The molecule has 2 rings (SSSR count). The Kier molecular flexibility index (Phi) is 3.97. The molecule has 0 aliphatic carbocycles. The number of likely N-dealkylation sites (tertiary alicyclic amines) is 1. The SMILES string of the molecule is CC1(C)CCN(C(=O)Cc2ccc(/C(N)=N/O)cc2)C1. The minimum Gasteiger partial charge on any atom is -0.409 e. The Balaban J connectivity index is 1.98. The molecule has 1 aliphatic heterocycles. The van der Waals surface area contributed by atoms with E-state index in [-0.39, 0.29) is 17.2 Å². The van der Waals surface area contributed by atoms with Crippen molar-refractivity contribution in [1.82, 2.24) is 4.90 Å². The summed E-state index contributed by atoms with van der Waals surface area (Å²) in [4.78, 5) is 14.1. The molecule has 1 saturated heterocycles. The molecule has 5 nitrogen and oxygen atoms in total. The Morgan fingerprint density at radius 3 is 2.55 bits per heavy atom. The molecule has 1 aliphatic rings. The van der Waals surface area contributed by atoms with Gasteiger partial charge in [0, 0.05) is 18.7 Å². The Bertz CT molecular complexity index is 520. The zero-order valence-corrected chi connectivity index (χ0v) is 12.0. The minimum absolute atomic E-state index is 0.0733. The number of carbonyl (C=O) groups excluding carboxylic acids is 1. The second-order valence-electron chi connectivity index (χ2n) is 6.09. The van der Waals surface area contributed by atoms with E-state index in [1.54, 1.807) is 12.1 Å². The quantitative estimate of drug-likeness (QED) is 0.380. The molecule has 0 aromatic heterocycles. The molecular weight excluding hydrogens is 254 g/mol. The van der Waals surface area contributed by atoms with Crippen LogP contribution in [0.5, 0.6) is 0 Å². The van der Waals surface area contributed by atoms with E-state index in [4.69, 9.17) is 10.9 Å². The van der Waals surface area contributed by atoms with E-state index in [1.807, 2.05) is 17.0 Å². The van der Waals surface area contributed by atoms with Gasteiger partial charge in [0.05, 0.1) is 6.42 Å². The predicted octanol–water partition coefficient (Wildman–Crippen LogP) is 1.58. The number of oxime groups is 1. The van der Waals surface area contributed by atoms with E-state index in [9.17, 15) is 4.79 Å². The van der Waals surface area contributed by atoms with Gasteiger partial charge in [0.2, 0.25) is 5.91 Å². The van der Waals surface area contributed by atoms with Gasteiger partial charge in [-0.25, -0.2) is 0 Å². The van der Waals surface area contributed by atoms with Crippen LogP contribution < -0.4 is 5.73 Å². The average molecular weight is 275 g/mol. The van der Waals surface area contributed by atoms with Crippen LogP contribution in [0, 0.1) is 5.41 Å². The summed E-state index contributed by atoms with van der Waals surface area (Å²) in [6.07, 6.45) is 1.45. The van der Waals surface area contributed by atoms with Crippen LogP contribution in [0.25, 0.3) is 0 Å². The Hall–Kier alpha value is -2.04. The molecule has 108 valence electrons. The van der Waals surface area contributed by atoms with Crippen molar-refractivity contribution in [3.8, 4) is 0 Å². The first kappa shape index (κ1) is 14.4. The Labute approximate surface area is 119 Å². The average Bonchev–Trinajstić information content (AvgIpc) is 2.79. The molecule has 1 aromatic carbocycles. The van der Waals surface area contributed by atoms with Gasteiger partial charge in [0.25, 0.3) is 0 Å². The summed E-state index contributed by atoms with van der Waals surface area (Å²) in [7, 11) is 0. The fourth-order valence-corrected chi connectivity index (χ4v) is 2.46. The van der Waals surface area contributed by atoms with Crippen molar-refractivity contribution in [2.75, 3.05) is 13.1 Å². The highest BCUT2D eigenvalue weighted by molar-refractivity contribution is 5.97. The highest BCUT2D eigenvalue weighted by atomic mass is 16.4. The van der Waals surface area contributed by atoms with Crippen molar-refractivity contribution >= 4 is 11.7 Å². The minimum atomic E-state index is 0.0733. The number of nitrogens with zero attached hydrogens (tertiary/aromatic N) is 2. The number of hydrogen-bond donors (Lipinski definition) is 2. The number of rotatable bonds is 3. The van der Waals surface area contributed by atoms with E-state index >= 15 is 0 Å². The van der Waals surface area contributed by atoms with Crippen molar-refractivity contribution in [2.45, 2.75) is 26.7 Å². The van der Waals surface area contributed by atoms with Crippen LogP contribution in [0.2, 0.25) is 0 Å². The summed E-state index contributed by atoms with van der Waals surface area (Å²) in [6.45, 7) is 6.04. The molecule has 3 N–H and O–H groups in total. The zero-order valence-electron chi connectivity index (χ0n) is 12.0. The maximum atomic E-state index is 12.2. The van der Waals surface area contributed by atoms with Crippen LogP contribution >= 0.6 is 0 Å². The number of amidine groups is 1. The van der Waals surface area contributed by atoms with Crippen molar-refractivity contribution in [3.05, 3.63) is 35.4 Å². The number of carbonyl (C=O) groups is 1. The van der Waals surface area contributed by atoms with Crippen molar-refractivity contribution in [2.24, 2.45) is 16.3 Å². The lowest BCUT2D eigenvalue weighted by molar-refractivity contribution is -0.129. The topological polar surface area (TPSA) is 78.9 Å². The van der Waals surface area contributed by atoms with Crippen LogP contribution in [-0.4, -0.2) is 34.9 Å². The maximum Gasteiger partial charge on any atom is 0.227 e. The van der Waals surface area contributed by atoms with Gasteiger partial charge >= 0.3 is 0 Å². The van der Waals surface area contributed by atoms with E-state index in [1.165, 1.54) is 0 Å². The molecule has 1 aromatic rings. The third-order valence-electron chi connectivity index (χ3n) is 3.74. The van der Waals surface area contributed by atoms with Crippen molar-refractivity contribution < 1.29 is 10.0 Å². The highest BCUT2D eigenvalue weighted by Gasteiger charge is 2.31. The smallest absolute Gasteiger partial charge is 0.227 e. The normalized spacial score (nSPS) is 18.3. The lowest BCUT2D eigenvalue weighted by atomic mass is 9.93. The standard InChI is InChI=1S/C15H21N3O2/c1-15(2)7-8-18(10-15)13(19)9-11-3-5-12(6-4-11)14(16)17-20/h3-6,20H,7-10H2,1-2H3,(H2,16,17). The molecule has 1 amide bonds. The van der Waals surface area contributed by atoms with E-state index < -0.39 is 0 Å². The summed E-state index contributed by atoms with van der Waals surface area (Å²) in [5.74, 6) is 0.233. The van der Waals surface area contributed by atoms with Gasteiger partial charge in [-0.15, -0.1) is 0 Å². The Morgan fingerprint density at radius 1 is 1.40 bits per heavy atom. The predicted molar refractivity (Wildman–Crippen MR) is 77.6 cm³/mol. The number of amides is 1. The summed E-state index contributed by atoms with van der Waals surface area (Å²) in [5.41, 5.74) is 7.31. The summed E-state index contributed by atoms with van der Waals surface area (Å²) < 4.78 is 0. The molecule has 1 fully saturated rings. The van der Waals surface area contributed by atoms with Crippen LogP contribution in [0.1, 0.15) is 31.4 Å². The zero-order chi connectivity index (χ0) is 14.8. The molecule has 0 bridgehead atoms. The second-order valence-corrected chi connectivity index (χ2v) is 6.09. The molecule has 0 spiro atoms. The summed E-state index contributed by atoms with van der Waals surface area (Å²) >= 11 is 0. The van der Waals surface area contributed by atoms with Crippen LogP contribution in [0.3, 0.4) is 0 Å². The van der Waals surface area contributed by atoms with Gasteiger partial charge in [0.1, 0.15) is 0 Å². The second kappa shape index (κ2) is 5.53. The van der Waals surface area contributed by atoms with Crippen LogP contribution in [0.15, 0.2) is 29.4 Å². The fourth-order valence-electron chi connectivity index (χ4n) is 2.46. The highest BCUT2D eigenvalue weighted by Crippen LogP contribution is 2.29. The molecular formula is C15H21N3O2. The Morgan fingerprint density at radius 2 is 2.05 bits per heavy atom. The first-order chi connectivity index (χ1) is 9.41. The van der Waals surface area contributed by atoms with Crippen LogP contribution in [-0.2, 0) is 11.2 Å². The lowest BCUT2D eigenvalue weighted by Crippen LogP contribution is -2.31. The van der Waals surface area contributed by atoms with E-state index in [2.05, 4.69) is 19.0 Å². The molecule has 20 heavy (non-hydrogen) atoms. The van der Waals surface area contributed by atoms with Gasteiger partial charge in [-0.1, -0.05) is 43.3 Å². The molecule has 0 atom stereocenters. The van der Waals surface area contributed by atoms with Gasteiger partial charge in [-0.3, -0.25) is 4.79 Å². The van der Waals surface area contributed by atoms with Crippen molar-refractivity contribution in [3.63, 3.8) is 0 Å². The molecule has 0 saturated carbocycles. The summed E-state index contributed by atoms with van der Waals surface area (Å²) in [6, 6.07) is 7.19. The molecule has 1 heterocycles. The largest absolute Gasteiger partial charge is 0.409 e. The number of hydrogen-bond acceptors (Lipinski definition) is 3. The van der Waals surface area contributed by atoms with Crippen LogP contribution in [0.4, 0.5) is 0 Å². The van der Waals surface area contributed by atoms with Crippen molar-refractivity contribution in [1.29, 1.82) is 0 Å². The molecule has 0 unspecified atom stereocenters. The first-order valence-corrected chi connectivity index (χ1v) is 6.76. The third-order valence-corrected chi connectivity index (χ3v) is 3.74. The number of nitrogens with two attached hydrogens (primary N) is 1. The monoisotopic (exact) mass is 275 g/mol. The lowest BCUT2D eigenvalue weighted by Gasteiger charge is -2.19. The van der Waals surface area contributed by atoms with Gasteiger partial charge in [0.15, 0.2) is 5.84 Å². The molecule has 5 heteroatoms. The summed E-state index contributed by atoms with van der Waals surface area (Å²) in [5, 5.41) is 11.5.